The highest BCUT2D eigenvalue weighted by Gasteiger charge is 2.06. The van der Waals surface area contributed by atoms with Crippen molar-refractivity contribution in [3.8, 4) is 11.5 Å². The molecule has 0 aliphatic carbocycles. The summed E-state index contributed by atoms with van der Waals surface area (Å²) in [6, 6.07) is 6.54. The van der Waals surface area contributed by atoms with Gasteiger partial charge in [0.15, 0.2) is 17.2 Å². The average molecular weight is 246 g/mol. The summed E-state index contributed by atoms with van der Waals surface area (Å²) in [5.74, 6) is -0.759. The molecule has 2 aromatic rings. The van der Waals surface area contributed by atoms with Gasteiger partial charge in [-0.25, -0.2) is 9.78 Å². The van der Waals surface area contributed by atoms with Crippen molar-refractivity contribution in [2.24, 2.45) is 0 Å². The highest BCUT2D eigenvalue weighted by molar-refractivity contribution is 5.84. The largest absolute Gasteiger partial charge is 0.504 e. The van der Waals surface area contributed by atoms with Crippen LogP contribution < -0.4 is 4.74 Å². The first-order valence-corrected chi connectivity index (χ1v) is 5.12. The number of carbonyl (C=O) groups is 1. The molecule has 0 amide bonds. The maximum Gasteiger partial charge on any atom is 0.356 e. The second-order valence-corrected chi connectivity index (χ2v) is 3.45. The molecule has 0 bridgehead atoms. The first-order chi connectivity index (χ1) is 8.66. The molecule has 92 valence electrons. The third kappa shape index (κ3) is 2.73. The number of benzene rings is 1. The van der Waals surface area contributed by atoms with Crippen molar-refractivity contribution in [2.45, 2.75) is 6.61 Å². The normalized spacial score (nSPS) is 10.0. The fourth-order valence-electron chi connectivity index (χ4n) is 1.27. The number of carboxylic acids is 1. The van der Waals surface area contributed by atoms with Crippen LogP contribution in [0.3, 0.4) is 0 Å². The lowest BCUT2D eigenvalue weighted by atomic mass is 10.3. The number of nitrogens with zero attached hydrogens (tertiary/aromatic N) is 2. The van der Waals surface area contributed by atoms with Crippen molar-refractivity contribution in [1.82, 2.24) is 9.97 Å². The second kappa shape index (κ2) is 5.13. The van der Waals surface area contributed by atoms with Crippen molar-refractivity contribution in [2.75, 3.05) is 0 Å². The van der Waals surface area contributed by atoms with Crippen LogP contribution in [0.2, 0.25) is 0 Å². The second-order valence-electron chi connectivity index (χ2n) is 3.45. The molecular weight excluding hydrogens is 236 g/mol. The molecule has 0 unspecified atom stereocenters. The molecular formula is C12H10N2O4. The molecule has 0 atom stereocenters. The van der Waals surface area contributed by atoms with Gasteiger partial charge in [0.25, 0.3) is 0 Å². The number of hydrogen-bond donors (Lipinski definition) is 2. The predicted octanol–water partition coefficient (Wildman–Crippen LogP) is 1.46. The quantitative estimate of drug-likeness (QED) is 0.848. The molecule has 0 fully saturated rings. The number of aromatic hydroxyl groups is 1. The predicted molar refractivity (Wildman–Crippen MR) is 61.4 cm³/mol. The Labute approximate surface area is 103 Å². The molecule has 6 nitrogen and oxygen atoms in total. The topological polar surface area (TPSA) is 92.5 Å². The summed E-state index contributed by atoms with van der Waals surface area (Å²) in [5.41, 5.74) is 0.351. The van der Waals surface area contributed by atoms with Crippen molar-refractivity contribution in [3.05, 3.63) is 48.0 Å². The Morgan fingerprint density at radius 3 is 2.61 bits per heavy atom. The van der Waals surface area contributed by atoms with Gasteiger partial charge in [0.2, 0.25) is 0 Å². The maximum atomic E-state index is 10.6. The van der Waals surface area contributed by atoms with Crippen LogP contribution in [0.1, 0.15) is 16.2 Å². The van der Waals surface area contributed by atoms with Gasteiger partial charge in [0.05, 0.1) is 18.1 Å². The average Bonchev–Trinajstić information content (AvgIpc) is 2.38. The van der Waals surface area contributed by atoms with E-state index in [1.165, 1.54) is 12.3 Å². The fraction of sp³-hybridized carbons (Fsp3) is 0.0833. The summed E-state index contributed by atoms with van der Waals surface area (Å²) >= 11 is 0. The lowest BCUT2D eigenvalue weighted by Crippen LogP contribution is -2.04. The van der Waals surface area contributed by atoms with Crippen LogP contribution in [-0.2, 0) is 6.61 Å². The van der Waals surface area contributed by atoms with E-state index in [-0.39, 0.29) is 18.1 Å². The van der Waals surface area contributed by atoms with Gasteiger partial charge in [-0.15, -0.1) is 0 Å². The lowest BCUT2D eigenvalue weighted by molar-refractivity contribution is 0.0690. The molecule has 2 rings (SSSR count). The van der Waals surface area contributed by atoms with E-state index in [4.69, 9.17) is 9.84 Å². The monoisotopic (exact) mass is 246 g/mol. The van der Waals surface area contributed by atoms with E-state index in [9.17, 15) is 9.90 Å². The van der Waals surface area contributed by atoms with Crippen molar-refractivity contribution < 1.29 is 19.7 Å². The lowest BCUT2D eigenvalue weighted by Gasteiger charge is -2.06. The standard InChI is InChI=1S/C12H10N2O4/c15-10-3-1-2-4-11(10)18-7-8-5-14-9(6-13-8)12(16)17/h1-6,15H,7H2,(H,16,17). The minimum atomic E-state index is -1.13. The molecule has 0 saturated heterocycles. The Bertz CT molecular complexity index is 554. The number of para-hydroxylation sites is 2. The molecule has 0 aliphatic rings. The number of aromatic nitrogens is 2. The third-order valence-electron chi connectivity index (χ3n) is 2.17. The van der Waals surface area contributed by atoms with Crippen LogP contribution in [0.25, 0.3) is 0 Å². The van der Waals surface area contributed by atoms with Gasteiger partial charge in [-0.3, -0.25) is 4.98 Å². The molecule has 2 N–H and O–H groups in total. The van der Waals surface area contributed by atoms with E-state index in [0.717, 1.165) is 6.20 Å². The number of rotatable bonds is 4. The van der Waals surface area contributed by atoms with E-state index in [1.807, 2.05) is 0 Å². The molecule has 0 radical (unpaired) electrons. The van der Waals surface area contributed by atoms with Crippen LogP contribution in [0.4, 0.5) is 0 Å². The van der Waals surface area contributed by atoms with Crippen LogP contribution in [0.15, 0.2) is 36.7 Å². The summed E-state index contributed by atoms with van der Waals surface area (Å²) in [4.78, 5) is 18.2. The Hall–Kier alpha value is -2.63. The zero-order valence-corrected chi connectivity index (χ0v) is 9.28. The SMILES string of the molecule is O=C(O)c1cnc(COc2ccccc2O)cn1. The van der Waals surface area contributed by atoms with Gasteiger partial charge in [0, 0.05) is 0 Å². The molecule has 0 aliphatic heterocycles. The number of carboxylic acid groups (broad SMARTS) is 1. The first kappa shape index (κ1) is 11.8. The highest BCUT2D eigenvalue weighted by Crippen LogP contribution is 2.24. The minimum Gasteiger partial charge on any atom is -0.504 e. The van der Waals surface area contributed by atoms with Gasteiger partial charge >= 0.3 is 5.97 Å². The minimum absolute atomic E-state index is 0.0348. The van der Waals surface area contributed by atoms with E-state index in [0.29, 0.717) is 11.4 Å². The number of phenols is 1. The molecule has 6 heteroatoms. The molecule has 1 aromatic heterocycles. The van der Waals surface area contributed by atoms with Gasteiger partial charge in [-0.05, 0) is 12.1 Å². The summed E-state index contributed by atoms with van der Waals surface area (Å²) in [5, 5.41) is 18.1. The highest BCUT2D eigenvalue weighted by atomic mass is 16.5. The molecule has 18 heavy (non-hydrogen) atoms. The van der Waals surface area contributed by atoms with Crippen LogP contribution >= 0.6 is 0 Å². The van der Waals surface area contributed by atoms with Crippen LogP contribution in [-0.4, -0.2) is 26.2 Å². The van der Waals surface area contributed by atoms with Crippen molar-refractivity contribution >= 4 is 5.97 Å². The zero-order valence-electron chi connectivity index (χ0n) is 9.28. The van der Waals surface area contributed by atoms with Crippen LogP contribution in [0, 0.1) is 0 Å². The molecule has 1 heterocycles. The van der Waals surface area contributed by atoms with E-state index in [1.54, 1.807) is 18.2 Å². The van der Waals surface area contributed by atoms with E-state index < -0.39 is 5.97 Å². The Balaban J connectivity index is 2.02. The smallest absolute Gasteiger partial charge is 0.356 e. The third-order valence-corrected chi connectivity index (χ3v) is 2.17. The van der Waals surface area contributed by atoms with E-state index in [2.05, 4.69) is 9.97 Å². The summed E-state index contributed by atoms with van der Waals surface area (Å²) < 4.78 is 5.32. The molecule has 0 spiro atoms. The van der Waals surface area contributed by atoms with Crippen LogP contribution in [0.5, 0.6) is 11.5 Å². The summed E-state index contributed by atoms with van der Waals surface area (Å²) in [6.45, 7) is 0.102. The van der Waals surface area contributed by atoms with Crippen molar-refractivity contribution in [1.29, 1.82) is 0 Å². The summed E-state index contributed by atoms with van der Waals surface area (Å²) in [7, 11) is 0. The number of aromatic carboxylic acids is 1. The summed E-state index contributed by atoms with van der Waals surface area (Å²) in [6.07, 6.45) is 2.48. The maximum absolute atomic E-state index is 10.6. The Morgan fingerprint density at radius 1 is 1.22 bits per heavy atom. The zero-order chi connectivity index (χ0) is 13.0. The Kier molecular flexibility index (Phi) is 3.38. The first-order valence-electron chi connectivity index (χ1n) is 5.12. The van der Waals surface area contributed by atoms with Gasteiger partial charge in [0.1, 0.15) is 6.61 Å². The molecule has 1 aromatic carbocycles. The van der Waals surface area contributed by atoms with Gasteiger partial charge < -0.3 is 14.9 Å². The number of ether oxygens (including phenoxy) is 1. The Morgan fingerprint density at radius 2 is 2.00 bits per heavy atom. The fourth-order valence-corrected chi connectivity index (χ4v) is 1.27. The van der Waals surface area contributed by atoms with Gasteiger partial charge in [-0.1, -0.05) is 12.1 Å². The van der Waals surface area contributed by atoms with E-state index >= 15 is 0 Å². The van der Waals surface area contributed by atoms with Gasteiger partial charge in [-0.2, -0.15) is 0 Å². The van der Waals surface area contributed by atoms with Crippen molar-refractivity contribution in [3.63, 3.8) is 0 Å². The number of hydrogen-bond acceptors (Lipinski definition) is 5. The number of phenolic OH excluding ortho intramolecular Hbond substituents is 1. The molecule has 0 saturated carbocycles.